The molecule has 1 fully saturated rings. The van der Waals surface area contributed by atoms with Crippen LogP contribution in [0.3, 0.4) is 0 Å². The second-order valence-corrected chi connectivity index (χ2v) is 7.96. The van der Waals surface area contributed by atoms with Gasteiger partial charge in [-0.15, -0.1) is 0 Å². The number of hydrogen-bond donors (Lipinski definition) is 0. The summed E-state index contributed by atoms with van der Waals surface area (Å²) in [5.41, 5.74) is -2.93. The molecule has 4 rings (SSSR count). The van der Waals surface area contributed by atoms with E-state index in [1.54, 1.807) is 24.3 Å². The fourth-order valence-electron chi connectivity index (χ4n) is 4.08. The summed E-state index contributed by atoms with van der Waals surface area (Å²) >= 11 is 0. The minimum atomic E-state index is -5.05. The van der Waals surface area contributed by atoms with E-state index < -0.39 is 53.2 Å². The topological polar surface area (TPSA) is 46.6 Å². The Morgan fingerprint density at radius 1 is 0.912 bits per heavy atom. The molecule has 2 atom stereocenters. The van der Waals surface area contributed by atoms with Crippen LogP contribution in [0.5, 0.6) is 0 Å². The van der Waals surface area contributed by atoms with Crippen LogP contribution in [-0.4, -0.2) is 22.9 Å². The maximum Gasteiger partial charge on any atom is 0.417 e. The Labute approximate surface area is 189 Å². The van der Waals surface area contributed by atoms with Crippen LogP contribution in [0.25, 0.3) is 10.8 Å². The van der Waals surface area contributed by atoms with Gasteiger partial charge in [-0.1, -0.05) is 42.5 Å². The van der Waals surface area contributed by atoms with Gasteiger partial charge in [0.2, 0.25) is 5.91 Å². The second-order valence-electron chi connectivity index (χ2n) is 7.96. The van der Waals surface area contributed by atoms with E-state index in [0.717, 1.165) is 15.7 Å². The number of ether oxygens (including phenoxy) is 1. The van der Waals surface area contributed by atoms with Gasteiger partial charge >= 0.3 is 18.4 Å². The lowest BCUT2D eigenvalue weighted by molar-refractivity contribution is -0.143. The number of halogens is 6. The molecule has 0 aromatic heterocycles. The van der Waals surface area contributed by atoms with E-state index in [1.807, 2.05) is 18.2 Å². The number of carbonyl (C=O) groups is 2. The summed E-state index contributed by atoms with van der Waals surface area (Å²) in [6.07, 6.45) is -12.9. The van der Waals surface area contributed by atoms with Crippen LogP contribution >= 0.6 is 0 Å². The highest BCUT2D eigenvalue weighted by Crippen LogP contribution is 2.41. The zero-order valence-corrected chi connectivity index (χ0v) is 17.6. The Morgan fingerprint density at radius 3 is 2.12 bits per heavy atom. The summed E-state index contributed by atoms with van der Waals surface area (Å²) < 4.78 is 84.5. The first-order valence-electron chi connectivity index (χ1n) is 10.1. The number of alkyl halides is 6. The largest absolute Gasteiger partial charge is 0.439 e. The molecular weight excluding hydrogens is 464 g/mol. The van der Waals surface area contributed by atoms with Gasteiger partial charge in [0.25, 0.3) is 0 Å². The maximum absolute atomic E-state index is 13.2. The van der Waals surface area contributed by atoms with Gasteiger partial charge < -0.3 is 4.74 Å². The van der Waals surface area contributed by atoms with Crippen LogP contribution in [0.1, 0.15) is 35.3 Å². The van der Waals surface area contributed by atoms with E-state index in [9.17, 15) is 35.9 Å². The predicted octanol–water partition coefficient (Wildman–Crippen LogP) is 6.53. The SMILES string of the molecule is CC1C(c2cc(C(F)(F)F)cc(C(F)(F)F)c2)OC(=O)N1C(=O)Cc1cccc2ccccc12. The van der Waals surface area contributed by atoms with Crippen molar-refractivity contribution in [3.63, 3.8) is 0 Å². The highest BCUT2D eigenvalue weighted by atomic mass is 19.4. The van der Waals surface area contributed by atoms with Crippen molar-refractivity contribution in [2.45, 2.75) is 37.8 Å². The lowest BCUT2D eigenvalue weighted by atomic mass is 9.97. The van der Waals surface area contributed by atoms with Crippen molar-refractivity contribution in [1.82, 2.24) is 4.90 Å². The minimum absolute atomic E-state index is 0.00558. The molecule has 0 saturated carbocycles. The van der Waals surface area contributed by atoms with Crippen molar-refractivity contribution in [2.75, 3.05) is 0 Å². The fraction of sp³-hybridized carbons (Fsp3) is 0.250. The monoisotopic (exact) mass is 481 g/mol. The van der Waals surface area contributed by atoms with Crippen molar-refractivity contribution < 1.29 is 40.7 Å². The Balaban J connectivity index is 1.65. The van der Waals surface area contributed by atoms with Gasteiger partial charge in [-0.3, -0.25) is 4.79 Å². The third-order valence-corrected chi connectivity index (χ3v) is 5.70. The molecule has 0 radical (unpaired) electrons. The standard InChI is InChI=1S/C24H17F6NO3/c1-13-21(16-9-17(23(25,26)27)12-18(10-16)24(28,29)30)34-22(33)31(13)20(32)11-15-7-4-6-14-5-2-3-8-19(14)15/h2-10,12-13,21H,11H2,1H3. The first-order chi connectivity index (χ1) is 15.9. The number of cyclic esters (lactones) is 1. The summed E-state index contributed by atoms with van der Waals surface area (Å²) in [6.45, 7) is 1.34. The van der Waals surface area contributed by atoms with Gasteiger partial charge in [-0.25, -0.2) is 9.69 Å². The Bertz CT molecular complexity index is 1230. The van der Waals surface area contributed by atoms with Gasteiger partial charge in [0, 0.05) is 0 Å². The first-order valence-corrected chi connectivity index (χ1v) is 10.1. The summed E-state index contributed by atoms with van der Waals surface area (Å²) in [6, 6.07) is 12.4. The quantitative estimate of drug-likeness (QED) is 0.400. The lowest BCUT2D eigenvalue weighted by Crippen LogP contribution is -2.38. The highest BCUT2D eigenvalue weighted by molar-refractivity contribution is 5.97. The molecule has 0 spiro atoms. The van der Waals surface area contributed by atoms with Crippen molar-refractivity contribution in [1.29, 1.82) is 0 Å². The summed E-state index contributed by atoms with van der Waals surface area (Å²) in [5, 5.41) is 1.65. The van der Waals surface area contributed by atoms with Crippen LogP contribution in [0.15, 0.2) is 60.7 Å². The number of rotatable bonds is 3. The smallest absolute Gasteiger partial charge is 0.417 e. The van der Waals surface area contributed by atoms with E-state index in [0.29, 0.717) is 17.7 Å². The molecule has 2 unspecified atom stereocenters. The molecular formula is C24H17F6NO3. The van der Waals surface area contributed by atoms with E-state index in [4.69, 9.17) is 4.74 Å². The van der Waals surface area contributed by atoms with Crippen LogP contribution in [0.4, 0.5) is 31.1 Å². The third-order valence-electron chi connectivity index (χ3n) is 5.70. The number of hydrogen-bond acceptors (Lipinski definition) is 3. The maximum atomic E-state index is 13.2. The zero-order chi connectivity index (χ0) is 24.8. The number of imide groups is 1. The molecule has 1 aliphatic rings. The zero-order valence-electron chi connectivity index (χ0n) is 17.6. The molecule has 10 heteroatoms. The molecule has 34 heavy (non-hydrogen) atoms. The predicted molar refractivity (Wildman–Crippen MR) is 110 cm³/mol. The highest BCUT2D eigenvalue weighted by Gasteiger charge is 2.45. The summed E-state index contributed by atoms with van der Waals surface area (Å²) in [4.78, 5) is 26.2. The van der Waals surface area contributed by atoms with Gasteiger partial charge in [-0.05, 0) is 47.0 Å². The number of amides is 2. The van der Waals surface area contributed by atoms with Gasteiger partial charge in [-0.2, -0.15) is 26.3 Å². The van der Waals surface area contributed by atoms with E-state index in [1.165, 1.54) is 6.92 Å². The molecule has 178 valence electrons. The normalized spacial score (nSPS) is 18.9. The van der Waals surface area contributed by atoms with Crippen molar-refractivity contribution in [2.24, 2.45) is 0 Å². The Kier molecular flexibility index (Phi) is 5.79. The van der Waals surface area contributed by atoms with E-state index >= 15 is 0 Å². The van der Waals surface area contributed by atoms with Crippen molar-refractivity contribution >= 4 is 22.8 Å². The lowest BCUT2D eigenvalue weighted by Gasteiger charge is -2.21. The molecule has 4 nitrogen and oxygen atoms in total. The van der Waals surface area contributed by atoms with Crippen molar-refractivity contribution in [3.05, 3.63) is 82.9 Å². The van der Waals surface area contributed by atoms with Crippen LogP contribution < -0.4 is 0 Å². The molecule has 3 aromatic carbocycles. The van der Waals surface area contributed by atoms with E-state index in [-0.39, 0.29) is 12.5 Å². The number of fused-ring (bicyclic) bond motifs is 1. The second kappa shape index (κ2) is 8.34. The molecule has 3 aromatic rings. The number of carbonyl (C=O) groups excluding carboxylic acids is 2. The number of nitrogens with zero attached hydrogens (tertiary/aromatic N) is 1. The third kappa shape index (κ3) is 4.44. The molecule has 0 N–H and O–H groups in total. The van der Waals surface area contributed by atoms with Crippen LogP contribution in [-0.2, 0) is 28.3 Å². The molecule has 1 saturated heterocycles. The molecule has 2 amide bonds. The molecule has 1 heterocycles. The first kappa shape index (κ1) is 23.6. The van der Waals surface area contributed by atoms with Crippen LogP contribution in [0.2, 0.25) is 0 Å². The minimum Gasteiger partial charge on any atom is -0.439 e. The summed E-state index contributed by atoms with van der Waals surface area (Å²) in [7, 11) is 0. The van der Waals surface area contributed by atoms with E-state index in [2.05, 4.69) is 0 Å². The Hall–Kier alpha value is -3.56. The van der Waals surface area contributed by atoms with Gasteiger partial charge in [0.15, 0.2) is 0 Å². The van der Waals surface area contributed by atoms with Gasteiger partial charge in [0.1, 0.15) is 6.10 Å². The number of benzene rings is 3. The fourth-order valence-corrected chi connectivity index (χ4v) is 4.08. The molecule has 1 aliphatic heterocycles. The Morgan fingerprint density at radius 2 is 1.50 bits per heavy atom. The van der Waals surface area contributed by atoms with Gasteiger partial charge in [0.05, 0.1) is 23.6 Å². The van der Waals surface area contributed by atoms with Crippen LogP contribution in [0, 0.1) is 0 Å². The summed E-state index contributed by atoms with van der Waals surface area (Å²) in [5.74, 6) is -0.681. The molecule has 0 bridgehead atoms. The average molecular weight is 481 g/mol. The molecule has 0 aliphatic carbocycles. The average Bonchev–Trinajstić information content (AvgIpc) is 3.06. The van der Waals surface area contributed by atoms with Crippen molar-refractivity contribution in [3.8, 4) is 0 Å².